The van der Waals surface area contributed by atoms with Crippen molar-refractivity contribution < 1.29 is 22.3 Å². The lowest BCUT2D eigenvalue weighted by molar-refractivity contribution is 0.0630. The summed E-state index contributed by atoms with van der Waals surface area (Å²) in [6.07, 6.45) is 10.6. The van der Waals surface area contributed by atoms with E-state index in [1.54, 1.807) is 0 Å². The molecular formula is C16H36O5S. The third kappa shape index (κ3) is 22.1. The zero-order valence-corrected chi connectivity index (χ0v) is 15.6. The smallest absolute Gasteiger partial charge is 0.381 e. The van der Waals surface area contributed by atoms with Gasteiger partial charge in [0.25, 0.3) is 0 Å². The fourth-order valence-corrected chi connectivity index (χ4v) is 2.20. The van der Waals surface area contributed by atoms with E-state index in [-0.39, 0.29) is 0 Å². The summed E-state index contributed by atoms with van der Waals surface area (Å²) in [5.41, 5.74) is 0. The number of unbranched alkanes of at least 4 members (excludes halogenated alkanes) is 2. The van der Waals surface area contributed by atoms with Gasteiger partial charge in [0.05, 0.1) is 0 Å². The van der Waals surface area contributed by atoms with E-state index in [0.717, 1.165) is 25.0 Å². The van der Waals surface area contributed by atoms with Crippen molar-refractivity contribution in [2.45, 2.75) is 79.1 Å². The van der Waals surface area contributed by atoms with Crippen LogP contribution >= 0.6 is 0 Å². The maximum Gasteiger partial charge on any atom is 0.394 e. The summed E-state index contributed by atoms with van der Waals surface area (Å²) < 4.78 is 37.5. The molecule has 2 N–H and O–H groups in total. The molecule has 0 rings (SSSR count). The van der Waals surface area contributed by atoms with Crippen LogP contribution < -0.4 is 0 Å². The molecule has 0 spiro atoms. The van der Waals surface area contributed by atoms with Crippen LogP contribution in [0.5, 0.6) is 0 Å². The highest BCUT2D eigenvalue weighted by Gasteiger charge is 2.09. The van der Waals surface area contributed by atoms with Gasteiger partial charge < -0.3 is 4.74 Å². The quantitative estimate of drug-likeness (QED) is 0.499. The highest BCUT2D eigenvalue weighted by atomic mass is 32.3. The van der Waals surface area contributed by atoms with Crippen molar-refractivity contribution in [3.8, 4) is 0 Å². The van der Waals surface area contributed by atoms with Crippen molar-refractivity contribution in [1.29, 1.82) is 0 Å². The molecule has 2 atom stereocenters. The molecule has 5 nitrogen and oxygen atoms in total. The summed E-state index contributed by atoms with van der Waals surface area (Å²) in [6, 6.07) is 0. The Kier molecular flexibility index (Phi) is 17.2. The SMILES string of the molecule is CCCCC(CC)COCC(CC)CCCC.O=S(=O)(O)O. The van der Waals surface area contributed by atoms with Gasteiger partial charge in [-0.2, -0.15) is 8.42 Å². The molecule has 0 fully saturated rings. The fourth-order valence-electron chi connectivity index (χ4n) is 2.20. The molecule has 136 valence electrons. The van der Waals surface area contributed by atoms with E-state index in [2.05, 4.69) is 27.7 Å². The first kappa shape index (κ1) is 24.1. The van der Waals surface area contributed by atoms with Crippen LogP contribution in [-0.2, 0) is 15.1 Å². The van der Waals surface area contributed by atoms with Gasteiger partial charge in [-0.05, 0) is 24.7 Å². The lowest BCUT2D eigenvalue weighted by atomic mass is 9.99. The molecule has 2 unspecified atom stereocenters. The average Bonchev–Trinajstić information content (AvgIpc) is 2.44. The number of rotatable bonds is 12. The Balaban J connectivity index is 0. The molecule has 0 aromatic rings. The Hall–Kier alpha value is -0.170. The average molecular weight is 341 g/mol. The minimum Gasteiger partial charge on any atom is -0.381 e. The summed E-state index contributed by atoms with van der Waals surface area (Å²) in [5.74, 6) is 1.58. The molecule has 0 aliphatic rings. The van der Waals surface area contributed by atoms with Gasteiger partial charge >= 0.3 is 10.4 Å². The fraction of sp³-hybridized carbons (Fsp3) is 1.00. The van der Waals surface area contributed by atoms with E-state index < -0.39 is 10.4 Å². The van der Waals surface area contributed by atoms with Crippen LogP contribution in [0.25, 0.3) is 0 Å². The van der Waals surface area contributed by atoms with Crippen LogP contribution in [0, 0.1) is 11.8 Å². The summed E-state index contributed by atoms with van der Waals surface area (Å²) in [6.45, 7) is 11.1. The molecule has 0 radical (unpaired) electrons. The summed E-state index contributed by atoms with van der Waals surface area (Å²) >= 11 is 0. The van der Waals surface area contributed by atoms with Crippen molar-refractivity contribution >= 4 is 10.4 Å². The topological polar surface area (TPSA) is 83.8 Å². The highest BCUT2D eigenvalue weighted by Crippen LogP contribution is 2.16. The van der Waals surface area contributed by atoms with Gasteiger partial charge in [-0.15, -0.1) is 0 Å². The normalized spacial score (nSPS) is 14.1. The van der Waals surface area contributed by atoms with Crippen molar-refractivity contribution in [3.05, 3.63) is 0 Å². The standard InChI is InChI=1S/C16H34O.H2O4S/c1-5-9-11-15(7-3)13-17-14-16(8-4)12-10-6-2;1-5(2,3)4/h15-16H,5-14H2,1-4H3;(H2,1,2,3,4). The van der Waals surface area contributed by atoms with Crippen LogP contribution in [0.1, 0.15) is 79.1 Å². The molecule has 22 heavy (non-hydrogen) atoms. The van der Waals surface area contributed by atoms with Crippen LogP contribution in [0.2, 0.25) is 0 Å². The Morgan fingerprint density at radius 1 is 0.818 bits per heavy atom. The zero-order valence-electron chi connectivity index (χ0n) is 14.8. The number of hydrogen-bond donors (Lipinski definition) is 2. The molecule has 0 aromatic carbocycles. The lowest BCUT2D eigenvalue weighted by Crippen LogP contribution is -2.14. The largest absolute Gasteiger partial charge is 0.394 e. The maximum atomic E-state index is 8.74. The molecule has 0 amide bonds. The van der Waals surface area contributed by atoms with Gasteiger partial charge in [0.1, 0.15) is 0 Å². The van der Waals surface area contributed by atoms with Crippen molar-refractivity contribution in [2.24, 2.45) is 11.8 Å². The first-order valence-corrected chi connectivity index (χ1v) is 9.95. The van der Waals surface area contributed by atoms with Crippen molar-refractivity contribution in [2.75, 3.05) is 13.2 Å². The summed E-state index contributed by atoms with van der Waals surface area (Å²) in [5, 5.41) is 0. The van der Waals surface area contributed by atoms with Crippen LogP contribution in [0.15, 0.2) is 0 Å². The molecule has 0 aliphatic heterocycles. The van der Waals surface area contributed by atoms with E-state index in [4.69, 9.17) is 22.3 Å². The van der Waals surface area contributed by atoms with E-state index in [9.17, 15) is 0 Å². The molecule has 6 heteroatoms. The predicted octanol–water partition coefficient (Wildman–Crippen LogP) is 4.78. The monoisotopic (exact) mass is 340 g/mol. The second kappa shape index (κ2) is 15.7. The van der Waals surface area contributed by atoms with Gasteiger partial charge in [0, 0.05) is 13.2 Å². The van der Waals surface area contributed by atoms with E-state index in [1.165, 1.54) is 51.4 Å². The van der Waals surface area contributed by atoms with Gasteiger partial charge in [0.2, 0.25) is 0 Å². The molecular weight excluding hydrogens is 304 g/mol. The maximum absolute atomic E-state index is 8.74. The van der Waals surface area contributed by atoms with Gasteiger partial charge in [0.15, 0.2) is 0 Å². The Morgan fingerprint density at radius 2 is 1.14 bits per heavy atom. The molecule has 0 saturated carbocycles. The number of hydrogen-bond acceptors (Lipinski definition) is 3. The summed E-state index contributed by atoms with van der Waals surface area (Å²) in [4.78, 5) is 0. The predicted molar refractivity (Wildman–Crippen MR) is 91.6 cm³/mol. The van der Waals surface area contributed by atoms with Gasteiger partial charge in [-0.1, -0.05) is 66.2 Å². The highest BCUT2D eigenvalue weighted by molar-refractivity contribution is 7.79. The third-order valence-corrected chi connectivity index (χ3v) is 3.79. The molecule has 0 aromatic heterocycles. The molecule has 0 saturated heterocycles. The minimum absolute atomic E-state index is 0.790. The van der Waals surface area contributed by atoms with Crippen molar-refractivity contribution in [1.82, 2.24) is 0 Å². The first-order chi connectivity index (χ1) is 10.3. The zero-order chi connectivity index (χ0) is 17.4. The Morgan fingerprint density at radius 3 is 1.36 bits per heavy atom. The second-order valence-electron chi connectivity index (χ2n) is 5.82. The van der Waals surface area contributed by atoms with Crippen LogP contribution in [-0.4, -0.2) is 30.7 Å². The van der Waals surface area contributed by atoms with E-state index in [1.807, 2.05) is 0 Å². The van der Waals surface area contributed by atoms with E-state index in [0.29, 0.717) is 0 Å². The van der Waals surface area contributed by atoms with E-state index >= 15 is 0 Å². The third-order valence-electron chi connectivity index (χ3n) is 3.79. The molecule has 0 heterocycles. The second-order valence-corrected chi connectivity index (χ2v) is 6.71. The van der Waals surface area contributed by atoms with Crippen LogP contribution in [0.3, 0.4) is 0 Å². The van der Waals surface area contributed by atoms with Gasteiger partial charge in [-0.3, -0.25) is 9.11 Å². The van der Waals surface area contributed by atoms with Crippen LogP contribution in [0.4, 0.5) is 0 Å². The van der Waals surface area contributed by atoms with Crippen molar-refractivity contribution in [3.63, 3.8) is 0 Å². The molecule has 0 aliphatic carbocycles. The lowest BCUT2D eigenvalue weighted by Gasteiger charge is -2.18. The number of ether oxygens (including phenoxy) is 1. The Labute approximate surface area is 137 Å². The first-order valence-electron chi connectivity index (χ1n) is 8.55. The van der Waals surface area contributed by atoms with Gasteiger partial charge in [-0.25, -0.2) is 0 Å². The molecule has 0 bridgehead atoms. The Bertz CT molecular complexity index is 292. The minimum atomic E-state index is -4.67. The summed E-state index contributed by atoms with van der Waals surface area (Å²) in [7, 11) is -4.67.